The molecule has 0 bridgehead atoms. The van der Waals surface area contributed by atoms with E-state index in [2.05, 4.69) is 120 Å². The molecule has 0 radical (unpaired) electrons. The summed E-state index contributed by atoms with van der Waals surface area (Å²) >= 11 is 0. The van der Waals surface area contributed by atoms with Gasteiger partial charge in [0, 0.05) is 23.2 Å². The molecule has 0 aromatic heterocycles. The van der Waals surface area contributed by atoms with E-state index in [1.165, 1.54) is 32.1 Å². The van der Waals surface area contributed by atoms with Gasteiger partial charge in [-0.05, 0) is 63.3 Å². The molecule has 2 N–H and O–H groups in total. The monoisotopic (exact) mass is 593 g/mol. The molecule has 2 aromatic carbocycles. The number of aromatic hydroxyl groups is 1. The molecule has 242 valence electrons. The van der Waals surface area contributed by atoms with Crippen molar-refractivity contribution in [1.29, 1.82) is 0 Å². The highest BCUT2D eigenvalue weighted by molar-refractivity contribution is 5.91. The van der Waals surface area contributed by atoms with E-state index < -0.39 is 0 Å². The molecule has 2 aromatic rings. The number of ether oxygens (including phenoxy) is 1. The molecule has 43 heavy (non-hydrogen) atoms. The molecule has 0 heterocycles. The van der Waals surface area contributed by atoms with Crippen LogP contribution in [0.25, 0.3) is 0 Å². The number of anilines is 1. The fourth-order valence-corrected chi connectivity index (χ4v) is 5.49. The summed E-state index contributed by atoms with van der Waals surface area (Å²) in [5.74, 6) is 1.33. The van der Waals surface area contributed by atoms with Gasteiger partial charge in [0.15, 0.2) is 0 Å². The molecule has 0 saturated heterocycles. The van der Waals surface area contributed by atoms with Crippen molar-refractivity contribution >= 4 is 11.6 Å². The van der Waals surface area contributed by atoms with Crippen LogP contribution in [0.1, 0.15) is 163 Å². The normalized spacial score (nSPS) is 12.9. The fourth-order valence-electron chi connectivity index (χ4n) is 5.49. The minimum atomic E-state index is -0.200. The topological polar surface area (TPSA) is 58.6 Å². The third-order valence-corrected chi connectivity index (χ3v) is 8.16. The maximum absolute atomic E-state index is 13.4. The number of nitrogens with one attached hydrogen (secondary N) is 1. The number of hydrogen-bond donors (Lipinski definition) is 2. The number of unbranched alkanes of at least 4 members (excludes halogenated alkanes) is 5. The average molecular weight is 594 g/mol. The Labute approximate surface area is 264 Å². The van der Waals surface area contributed by atoms with Gasteiger partial charge in [-0.1, -0.05) is 134 Å². The molecule has 0 atom stereocenters. The van der Waals surface area contributed by atoms with Gasteiger partial charge in [-0.25, -0.2) is 0 Å². The van der Waals surface area contributed by atoms with Crippen molar-refractivity contribution in [2.75, 3.05) is 11.9 Å². The zero-order valence-electron chi connectivity index (χ0n) is 29.9. The lowest BCUT2D eigenvalue weighted by molar-refractivity contribution is -0.116. The Bertz CT molecular complexity index is 1140. The summed E-state index contributed by atoms with van der Waals surface area (Å²) in [5, 5.41) is 14.3. The van der Waals surface area contributed by atoms with Gasteiger partial charge in [0.05, 0.1) is 6.61 Å². The number of benzene rings is 2. The van der Waals surface area contributed by atoms with E-state index >= 15 is 0 Å². The molecule has 0 saturated carbocycles. The first-order valence-corrected chi connectivity index (χ1v) is 16.6. The van der Waals surface area contributed by atoms with Crippen LogP contribution in [0.4, 0.5) is 5.69 Å². The molecule has 0 aliphatic carbocycles. The van der Waals surface area contributed by atoms with E-state index in [1.54, 1.807) is 0 Å². The van der Waals surface area contributed by atoms with Gasteiger partial charge in [0.2, 0.25) is 5.91 Å². The first kappa shape index (κ1) is 36.7. The van der Waals surface area contributed by atoms with Crippen LogP contribution < -0.4 is 10.1 Å². The lowest BCUT2D eigenvalue weighted by atomic mass is 9.78. The lowest BCUT2D eigenvalue weighted by Gasteiger charge is -2.31. The smallest absolute Gasteiger partial charge is 0.224 e. The molecule has 0 spiro atoms. The van der Waals surface area contributed by atoms with Crippen molar-refractivity contribution in [1.82, 2.24) is 0 Å². The highest BCUT2D eigenvalue weighted by Crippen LogP contribution is 2.43. The van der Waals surface area contributed by atoms with Gasteiger partial charge in [0.25, 0.3) is 0 Å². The highest BCUT2D eigenvalue weighted by atomic mass is 16.5. The average Bonchev–Trinajstić information content (AvgIpc) is 2.85. The van der Waals surface area contributed by atoms with Crippen LogP contribution in [-0.2, 0) is 32.9 Å². The molecule has 1 amide bonds. The predicted octanol–water partition coefficient (Wildman–Crippen LogP) is 10.9. The van der Waals surface area contributed by atoms with Gasteiger partial charge < -0.3 is 15.2 Å². The van der Waals surface area contributed by atoms with Crippen LogP contribution in [0.3, 0.4) is 0 Å². The second kappa shape index (κ2) is 14.5. The molecule has 2 rings (SSSR count). The Morgan fingerprint density at radius 2 is 1.12 bits per heavy atom. The Morgan fingerprint density at radius 3 is 1.56 bits per heavy atom. The van der Waals surface area contributed by atoms with Crippen molar-refractivity contribution in [2.45, 2.75) is 163 Å². The molecule has 0 unspecified atom stereocenters. The number of rotatable bonds is 12. The number of hydrogen-bond acceptors (Lipinski definition) is 3. The van der Waals surface area contributed by atoms with Gasteiger partial charge in [-0.2, -0.15) is 0 Å². The quantitative estimate of drug-likeness (QED) is 0.241. The third kappa shape index (κ3) is 10.9. The molecular weight excluding hydrogens is 530 g/mol. The van der Waals surface area contributed by atoms with Crippen LogP contribution in [0, 0.1) is 0 Å². The Morgan fingerprint density at radius 1 is 0.674 bits per heavy atom. The predicted molar refractivity (Wildman–Crippen MR) is 185 cm³/mol. The molecule has 0 fully saturated rings. The van der Waals surface area contributed by atoms with Crippen LogP contribution in [0.15, 0.2) is 24.3 Å². The second-order valence-electron chi connectivity index (χ2n) is 16.6. The van der Waals surface area contributed by atoms with E-state index in [9.17, 15) is 9.90 Å². The summed E-state index contributed by atoms with van der Waals surface area (Å²) in [5.41, 5.74) is 5.32. The Hall–Kier alpha value is -2.49. The summed E-state index contributed by atoms with van der Waals surface area (Å²) in [6.45, 7) is 28.9. The first-order chi connectivity index (χ1) is 19.7. The Balaban J connectivity index is 2.31. The zero-order valence-corrected chi connectivity index (χ0v) is 29.9. The van der Waals surface area contributed by atoms with Crippen molar-refractivity contribution in [3.8, 4) is 11.5 Å². The minimum absolute atomic E-state index is 0.0110. The molecule has 4 nitrogen and oxygen atoms in total. The highest BCUT2D eigenvalue weighted by Gasteiger charge is 2.29. The maximum atomic E-state index is 13.4. The second-order valence-corrected chi connectivity index (χ2v) is 16.6. The van der Waals surface area contributed by atoms with Gasteiger partial charge in [-0.15, -0.1) is 0 Å². The van der Waals surface area contributed by atoms with Gasteiger partial charge in [0.1, 0.15) is 11.5 Å². The number of carbonyl (C=O) groups is 1. The zero-order chi connectivity index (χ0) is 32.8. The third-order valence-electron chi connectivity index (χ3n) is 8.16. The minimum Gasteiger partial charge on any atom is -0.507 e. The van der Waals surface area contributed by atoms with Crippen molar-refractivity contribution < 1.29 is 14.6 Å². The molecular formula is C39H63NO3. The van der Waals surface area contributed by atoms with Crippen molar-refractivity contribution in [3.05, 3.63) is 52.1 Å². The van der Waals surface area contributed by atoms with Gasteiger partial charge in [-0.3, -0.25) is 4.79 Å². The molecule has 4 heteroatoms. The van der Waals surface area contributed by atoms with Crippen molar-refractivity contribution in [2.24, 2.45) is 0 Å². The number of carbonyl (C=O) groups excluding carboxylic acids is 1. The van der Waals surface area contributed by atoms with Crippen LogP contribution in [0.2, 0.25) is 0 Å². The van der Waals surface area contributed by atoms with E-state index in [0.717, 1.165) is 45.7 Å². The van der Waals surface area contributed by atoms with E-state index in [1.807, 2.05) is 0 Å². The first-order valence-electron chi connectivity index (χ1n) is 16.6. The van der Waals surface area contributed by atoms with E-state index in [4.69, 9.17) is 4.74 Å². The largest absolute Gasteiger partial charge is 0.507 e. The van der Waals surface area contributed by atoms with Crippen LogP contribution in [-0.4, -0.2) is 17.6 Å². The lowest BCUT2D eigenvalue weighted by Crippen LogP contribution is -2.22. The molecule has 0 aliphatic rings. The van der Waals surface area contributed by atoms with E-state index in [-0.39, 0.29) is 27.6 Å². The standard InChI is InChI=1S/C39H63NO3/c1-14-15-16-17-18-19-22-43-35-31(38(8,9)10)25-28(26-32(35)39(11,12)13)40-33(41)21-20-27-23-29(36(2,3)4)34(42)30(24-27)37(5,6)7/h23-26,42H,14-22H2,1-13H3,(H,40,41). The van der Waals surface area contributed by atoms with Crippen molar-refractivity contribution in [3.63, 3.8) is 0 Å². The SMILES string of the molecule is CCCCCCCCOc1c(C(C)(C)C)cc(NC(=O)CCc2cc(C(C)(C)C)c(O)c(C(C)(C)C)c2)cc1C(C)(C)C. The van der Waals surface area contributed by atoms with Gasteiger partial charge >= 0.3 is 0 Å². The maximum Gasteiger partial charge on any atom is 0.224 e. The van der Waals surface area contributed by atoms with Crippen LogP contribution >= 0.6 is 0 Å². The summed E-state index contributed by atoms with van der Waals surface area (Å²) in [6.07, 6.45) is 8.35. The summed E-state index contributed by atoms with van der Waals surface area (Å²) < 4.78 is 6.55. The van der Waals surface area contributed by atoms with Crippen LogP contribution in [0.5, 0.6) is 11.5 Å². The number of aryl methyl sites for hydroxylation is 1. The Kier molecular flexibility index (Phi) is 12.4. The number of phenols is 1. The summed E-state index contributed by atoms with van der Waals surface area (Å²) in [6, 6.07) is 8.37. The fraction of sp³-hybridized carbons (Fsp3) is 0.667. The molecule has 0 aliphatic heterocycles. The number of amides is 1. The van der Waals surface area contributed by atoms with E-state index in [0.29, 0.717) is 25.2 Å². The summed E-state index contributed by atoms with van der Waals surface area (Å²) in [4.78, 5) is 13.4. The summed E-state index contributed by atoms with van der Waals surface area (Å²) in [7, 11) is 0. The number of phenolic OH excluding ortho intramolecular Hbond substituents is 1.